The van der Waals surface area contributed by atoms with E-state index in [-0.39, 0.29) is 6.61 Å². The lowest BCUT2D eigenvalue weighted by atomic mass is 10.0. The van der Waals surface area contributed by atoms with Gasteiger partial charge >= 0.3 is 0 Å². The first-order chi connectivity index (χ1) is 8.76. The Bertz CT molecular complexity index is 533. The van der Waals surface area contributed by atoms with Gasteiger partial charge in [-0.25, -0.2) is 0 Å². The van der Waals surface area contributed by atoms with Crippen LogP contribution in [0.2, 0.25) is 0 Å². The third kappa shape index (κ3) is 2.40. The number of aliphatic hydroxyl groups is 1. The lowest BCUT2D eigenvalue weighted by molar-refractivity contribution is 0.171. The third-order valence-corrected chi connectivity index (χ3v) is 2.72. The molecular formula is C12H13N3O3. The quantitative estimate of drug-likeness (QED) is 0.505. The minimum atomic E-state index is -0.301. The molecule has 1 aromatic rings. The number of hydrogen-bond acceptors (Lipinski definition) is 4. The first-order valence-corrected chi connectivity index (χ1v) is 5.52. The summed E-state index contributed by atoms with van der Waals surface area (Å²) in [5.74, 6) is 1.36. The van der Waals surface area contributed by atoms with Gasteiger partial charge in [0.2, 0.25) is 0 Å². The smallest absolute Gasteiger partial charge is 0.161 e. The second-order valence-corrected chi connectivity index (χ2v) is 3.78. The van der Waals surface area contributed by atoms with E-state index < -0.39 is 0 Å². The number of fused-ring (bicyclic) bond motifs is 1. The molecule has 0 radical (unpaired) electrons. The Morgan fingerprint density at radius 2 is 2.11 bits per heavy atom. The van der Waals surface area contributed by atoms with Crippen molar-refractivity contribution in [2.24, 2.45) is 5.11 Å². The minimum absolute atomic E-state index is 0.300. The van der Waals surface area contributed by atoms with Crippen LogP contribution in [-0.4, -0.2) is 24.9 Å². The van der Waals surface area contributed by atoms with Crippen molar-refractivity contribution >= 4 is 5.57 Å². The second kappa shape index (κ2) is 5.44. The SMILES string of the molecule is C/C(=C(\CO)N=[N+]=[N-])c1ccc2c(c1)OCCO2. The lowest BCUT2D eigenvalue weighted by Crippen LogP contribution is -2.15. The predicted molar refractivity (Wildman–Crippen MR) is 66.3 cm³/mol. The normalized spacial score (nSPS) is 14.6. The van der Waals surface area contributed by atoms with Crippen LogP contribution in [0.5, 0.6) is 11.5 Å². The van der Waals surface area contributed by atoms with E-state index in [2.05, 4.69) is 10.0 Å². The highest BCUT2D eigenvalue weighted by molar-refractivity contribution is 5.69. The van der Waals surface area contributed by atoms with Gasteiger partial charge in [-0.2, -0.15) is 0 Å². The summed E-state index contributed by atoms with van der Waals surface area (Å²) in [6, 6.07) is 5.45. The number of hydrogen-bond donors (Lipinski definition) is 1. The first-order valence-electron chi connectivity index (χ1n) is 5.52. The summed E-state index contributed by atoms with van der Waals surface area (Å²) in [4.78, 5) is 2.69. The van der Waals surface area contributed by atoms with Crippen molar-refractivity contribution in [2.45, 2.75) is 6.92 Å². The molecular weight excluding hydrogens is 234 g/mol. The zero-order valence-electron chi connectivity index (χ0n) is 9.96. The summed E-state index contributed by atoms with van der Waals surface area (Å²) in [6.07, 6.45) is 0. The summed E-state index contributed by atoms with van der Waals surface area (Å²) in [5.41, 5.74) is 10.3. The van der Waals surface area contributed by atoms with Gasteiger partial charge in [-0.15, -0.1) is 0 Å². The molecule has 0 amide bonds. The molecule has 0 bridgehead atoms. The summed E-state index contributed by atoms with van der Waals surface area (Å²) in [7, 11) is 0. The molecule has 0 atom stereocenters. The number of benzene rings is 1. The highest BCUT2D eigenvalue weighted by Gasteiger charge is 2.13. The molecule has 18 heavy (non-hydrogen) atoms. The number of allylic oxidation sites excluding steroid dienone is 1. The van der Waals surface area contributed by atoms with Crippen LogP contribution in [0.1, 0.15) is 12.5 Å². The Morgan fingerprint density at radius 3 is 2.78 bits per heavy atom. The second-order valence-electron chi connectivity index (χ2n) is 3.78. The molecule has 6 heteroatoms. The number of azide groups is 1. The average molecular weight is 247 g/mol. The van der Waals surface area contributed by atoms with E-state index in [0.29, 0.717) is 36.0 Å². The van der Waals surface area contributed by atoms with Gasteiger partial charge in [-0.1, -0.05) is 11.2 Å². The molecule has 0 saturated heterocycles. The van der Waals surface area contributed by atoms with E-state index >= 15 is 0 Å². The van der Waals surface area contributed by atoms with Crippen molar-refractivity contribution in [1.29, 1.82) is 0 Å². The molecule has 1 aliphatic rings. The predicted octanol–water partition coefficient (Wildman–Crippen LogP) is 2.49. The molecule has 0 aromatic heterocycles. The zero-order valence-corrected chi connectivity index (χ0v) is 9.96. The first kappa shape index (κ1) is 12.3. The van der Waals surface area contributed by atoms with Gasteiger partial charge < -0.3 is 14.6 Å². The molecule has 0 aliphatic carbocycles. The van der Waals surface area contributed by atoms with E-state index in [1.807, 2.05) is 12.1 Å². The highest BCUT2D eigenvalue weighted by Crippen LogP contribution is 2.33. The van der Waals surface area contributed by atoms with Gasteiger partial charge in [-0.3, -0.25) is 0 Å². The Hall–Kier alpha value is -2.17. The van der Waals surface area contributed by atoms with Crippen molar-refractivity contribution in [1.82, 2.24) is 0 Å². The van der Waals surface area contributed by atoms with Crippen LogP contribution in [0, 0.1) is 0 Å². The maximum absolute atomic E-state index is 9.15. The average Bonchev–Trinajstić information content (AvgIpc) is 2.43. The van der Waals surface area contributed by atoms with Crippen LogP contribution in [-0.2, 0) is 0 Å². The van der Waals surface area contributed by atoms with E-state index in [0.717, 1.165) is 5.56 Å². The molecule has 0 fully saturated rings. The van der Waals surface area contributed by atoms with Crippen molar-refractivity contribution in [3.05, 3.63) is 39.9 Å². The van der Waals surface area contributed by atoms with Gasteiger partial charge in [0.1, 0.15) is 13.2 Å². The van der Waals surface area contributed by atoms with Gasteiger partial charge in [-0.05, 0) is 35.7 Å². The Labute approximate surface area is 104 Å². The van der Waals surface area contributed by atoms with Crippen molar-refractivity contribution in [3.63, 3.8) is 0 Å². The minimum Gasteiger partial charge on any atom is -0.486 e. The summed E-state index contributed by atoms with van der Waals surface area (Å²) >= 11 is 0. The Morgan fingerprint density at radius 1 is 1.39 bits per heavy atom. The molecule has 1 N–H and O–H groups in total. The van der Waals surface area contributed by atoms with Crippen LogP contribution >= 0.6 is 0 Å². The monoisotopic (exact) mass is 247 g/mol. The summed E-state index contributed by atoms with van der Waals surface area (Å²) in [5, 5.41) is 12.6. The number of nitrogens with zero attached hydrogens (tertiary/aromatic N) is 3. The largest absolute Gasteiger partial charge is 0.486 e. The fourth-order valence-electron chi connectivity index (χ4n) is 1.72. The van der Waals surface area contributed by atoms with Crippen LogP contribution in [0.15, 0.2) is 29.0 Å². The van der Waals surface area contributed by atoms with Gasteiger partial charge in [0.25, 0.3) is 0 Å². The van der Waals surface area contributed by atoms with Crippen molar-refractivity contribution in [2.75, 3.05) is 19.8 Å². The molecule has 0 unspecified atom stereocenters. The van der Waals surface area contributed by atoms with Crippen molar-refractivity contribution < 1.29 is 14.6 Å². The maximum Gasteiger partial charge on any atom is 0.161 e. The Kier molecular flexibility index (Phi) is 3.72. The summed E-state index contributed by atoms with van der Waals surface area (Å²) < 4.78 is 10.9. The maximum atomic E-state index is 9.15. The third-order valence-electron chi connectivity index (χ3n) is 2.72. The van der Waals surface area contributed by atoms with E-state index in [4.69, 9.17) is 20.1 Å². The fourth-order valence-corrected chi connectivity index (χ4v) is 1.72. The number of ether oxygens (including phenoxy) is 2. The molecule has 94 valence electrons. The van der Waals surface area contributed by atoms with Crippen LogP contribution in [0.25, 0.3) is 16.0 Å². The van der Waals surface area contributed by atoms with E-state index in [1.54, 1.807) is 13.0 Å². The van der Waals surface area contributed by atoms with Crippen LogP contribution < -0.4 is 9.47 Å². The molecule has 2 rings (SSSR count). The number of rotatable bonds is 3. The van der Waals surface area contributed by atoms with Crippen LogP contribution in [0.4, 0.5) is 0 Å². The van der Waals surface area contributed by atoms with Gasteiger partial charge in [0, 0.05) is 10.6 Å². The zero-order chi connectivity index (χ0) is 13.0. The Balaban J connectivity index is 2.42. The molecule has 1 aliphatic heterocycles. The topological polar surface area (TPSA) is 87.5 Å². The molecule has 1 aromatic carbocycles. The number of aliphatic hydroxyl groups excluding tert-OH is 1. The van der Waals surface area contributed by atoms with E-state index in [9.17, 15) is 0 Å². The molecule has 0 saturated carbocycles. The van der Waals surface area contributed by atoms with Crippen molar-refractivity contribution in [3.8, 4) is 11.5 Å². The highest BCUT2D eigenvalue weighted by atomic mass is 16.6. The van der Waals surface area contributed by atoms with Gasteiger partial charge in [0.05, 0.1) is 6.61 Å². The molecule has 6 nitrogen and oxygen atoms in total. The molecule has 0 spiro atoms. The fraction of sp³-hybridized carbons (Fsp3) is 0.333. The van der Waals surface area contributed by atoms with E-state index in [1.165, 1.54) is 0 Å². The molecule has 1 heterocycles. The lowest BCUT2D eigenvalue weighted by Gasteiger charge is -2.19. The summed E-state index contributed by atoms with van der Waals surface area (Å²) in [6.45, 7) is 2.54. The standard InChI is InChI=1S/C12H13N3O3/c1-8(10(7-16)14-15-13)9-2-3-11-12(6-9)18-5-4-17-11/h2-3,6,16H,4-5,7H2,1H3/b10-8-. The van der Waals surface area contributed by atoms with Gasteiger partial charge in [0.15, 0.2) is 11.5 Å². The van der Waals surface area contributed by atoms with Crippen LogP contribution in [0.3, 0.4) is 0 Å².